The fourth-order valence-corrected chi connectivity index (χ4v) is 5.18. The van der Waals surface area contributed by atoms with E-state index in [0.717, 1.165) is 48.2 Å². The van der Waals surface area contributed by atoms with E-state index in [4.69, 9.17) is 0 Å². The highest BCUT2D eigenvalue weighted by molar-refractivity contribution is 6.00. The first-order valence-electron chi connectivity index (χ1n) is 11.8. The number of hydrogen-bond acceptors (Lipinski definition) is 3. The number of benzene rings is 2. The van der Waals surface area contributed by atoms with Gasteiger partial charge in [0.25, 0.3) is 0 Å². The molecule has 1 fully saturated rings. The third-order valence-corrected chi connectivity index (χ3v) is 6.89. The molecule has 0 spiro atoms. The van der Waals surface area contributed by atoms with Crippen LogP contribution in [0.1, 0.15) is 53.3 Å². The normalized spacial score (nSPS) is 20.1. The fourth-order valence-electron chi connectivity index (χ4n) is 5.18. The Labute approximate surface area is 194 Å². The first-order chi connectivity index (χ1) is 16.0. The smallest absolute Gasteiger partial charge is 0.227 e. The second kappa shape index (κ2) is 8.85. The van der Waals surface area contributed by atoms with Gasteiger partial charge in [-0.15, -0.1) is 0 Å². The minimum absolute atomic E-state index is 0.0158. The molecule has 2 aliphatic rings. The molecule has 2 amide bonds. The number of carbonyl (C=O) groups is 2. The van der Waals surface area contributed by atoms with E-state index in [1.807, 2.05) is 50.4 Å². The lowest BCUT2D eigenvalue weighted by Crippen LogP contribution is -2.37. The molecule has 1 aliphatic heterocycles. The molecule has 1 aliphatic carbocycles. The maximum atomic E-state index is 13.2. The van der Waals surface area contributed by atoms with Gasteiger partial charge < -0.3 is 10.2 Å². The molecule has 6 heteroatoms. The van der Waals surface area contributed by atoms with Crippen LogP contribution in [0.3, 0.4) is 0 Å². The van der Waals surface area contributed by atoms with Gasteiger partial charge in [-0.25, -0.2) is 0 Å². The van der Waals surface area contributed by atoms with Gasteiger partial charge in [-0.1, -0.05) is 48.0 Å². The highest BCUT2D eigenvalue weighted by atomic mass is 16.2. The molecule has 0 bridgehead atoms. The van der Waals surface area contributed by atoms with Crippen LogP contribution in [0.5, 0.6) is 0 Å². The average molecular weight is 443 g/mol. The zero-order valence-electron chi connectivity index (χ0n) is 19.3. The fraction of sp³-hybridized carbons (Fsp3) is 0.370. The third kappa shape index (κ3) is 4.30. The zero-order chi connectivity index (χ0) is 22.9. The highest BCUT2D eigenvalue weighted by Gasteiger charge is 2.37. The van der Waals surface area contributed by atoms with Gasteiger partial charge >= 0.3 is 0 Å². The number of hydrogen-bond donors (Lipinski definition) is 1. The molecule has 2 heterocycles. The summed E-state index contributed by atoms with van der Waals surface area (Å²) in [6.45, 7) is 5.22. The van der Waals surface area contributed by atoms with E-state index >= 15 is 0 Å². The second-order valence-corrected chi connectivity index (χ2v) is 9.34. The van der Waals surface area contributed by atoms with Crippen molar-refractivity contribution in [1.82, 2.24) is 15.1 Å². The van der Waals surface area contributed by atoms with E-state index < -0.39 is 0 Å². The van der Waals surface area contributed by atoms with Crippen LogP contribution in [0.4, 0.5) is 5.69 Å². The summed E-state index contributed by atoms with van der Waals surface area (Å²) in [6, 6.07) is 16.3. The molecule has 1 saturated heterocycles. The van der Waals surface area contributed by atoms with Crippen LogP contribution >= 0.6 is 0 Å². The van der Waals surface area contributed by atoms with E-state index in [1.54, 1.807) is 4.90 Å². The topological polar surface area (TPSA) is 67.2 Å². The van der Waals surface area contributed by atoms with Gasteiger partial charge in [0.05, 0.1) is 24.7 Å². The van der Waals surface area contributed by atoms with Crippen LogP contribution in [0, 0.1) is 19.8 Å². The number of anilines is 1. The Morgan fingerprint density at radius 3 is 2.76 bits per heavy atom. The molecule has 1 aromatic heterocycles. The molecule has 33 heavy (non-hydrogen) atoms. The van der Waals surface area contributed by atoms with Crippen molar-refractivity contribution in [2.24, 2.45) is 5.92 Å². The molecule has 170 valence electrons. The molecule has 6 nitrogen and oxygen atoms in total. The third-order valence-electron chi connectivity index (χ3n) is 6.89. The summed E-state index contributed by atoms with van der Waals surface area (Å²) in [5, 5.41) is 7.87. The van der Waals surface area contributed by atoms with E-state index in [9.17, 15) is 9.59 Å². The highest BCUT2D eigenvalue weighted by Crippen LogP contribution is 2.32. The van der Waals surface area contributed by atoms with Crippen LogP contribution in [-0.2, 0) is 22.6 Å². The van der Waals surface area contributed by atoms with E-state index in [-0.39, 0.29) is 30.2 Å². The van der Waals surface area contributed by atoms with Crippen LogP contribution in [-0.4, -0.2) is 28.1 Å². The molecule has 5 rings (SSSR count). The number of nitrogens with zero attached hydrogens (tertiary/aromatic N) is 3. The Morgan fingerprint density at radius 2 is 1.97 bits per heavy atom. The van der Waals surface area contributed by atoms with Gasteiger partial charge in [0.15, 0.2) is 0 Å². The quantitative estimate of drug-likeness (QED) is 0.647. The summed E-state index contributed by atoms with van der Waals surface area (Å²) in [5.41, 5.74) is 6.66. The summed E-state index contributed by atoms with van der Waals surface area (Å²) < 4.78 is 2.06. The molecule has 0 saturated carbocycles. The number of amides is 2. The van der Waals surface area contributed by atoms with Crippen molar-refractivity contribution in [3.05, 3.63) is 82.7 Å². The lowest BCUT2D eigenvalue weighted by atomic mass is 9.92. The first-order valence-corrected chi connectivity index (χ1v) is 11.8. The van der Waals surface area contributed by atoms with E-state index in [0.29, 0.717) is 6.54 Å². The van der Waals surface area contributed by atoms with Gasteiger partial charge in [0.2, 0.25) is 11.8 Å². The van der Waals surface area contributed by atoms with Crippen LogP contribution in [0.2, 0.25) is 0 Å². The van der Waals surface area contributed by atoms with Gasteiger partial charge in [0, 0.05) is 29.9 Å². The summed E-state index contributed by atoms with van der Waals surface area (Å²) in [7, 11) is 0. The van der Waals surface area contributed by atoms with Crippen molar-refractivity contribution in [3.8, 4) is 0 Å². The molecule has 0 unspecified atom stereocenters. The average Bonchev–Trinajstić information content (AvgIpc) is 3.39. The second-order valence-electron chi connectivity index (χ2n) is 9.34. The largest absolute Gasteiger partial charge is 0.349 e. The molecule has 2 aromatic carbocycles. The number of fused-ring (bicyclic) bond motifs is 1. The number of nitrogens with one attached hydrogen (secondary N) is 1. The van der Waals surface area contributed by atoms with Gasteiger partial charge in [-0.2, -0.15) is 5.10 Å². The molecular formula is C27H30N4O2. The van der Waals surface area contributed by atoms with Gasteiger partial charge in [-0.05, 0) is 50.3 Å². The predicted molar refractivity (Wildman–Crippen MR) is 128 cm³/mol. The Balaban J connectivity index is 1.28. The summed E-state index contributed by atoms with van der Waals surface area (Å²) >= 11 is 0. The number of carbonyl (C=O) groups excluding carboxylic acids is 2. The summed E-state index contributed by atoms with van der Waals surface area (Å²) in [6.07, 6.45) is 5.04. The molecule has 1 N–H and O–H groups in total. The number of aryl methyl sites for hydroxylation is 2. The Bertz CT molecular complexity index is 1180. The maximum Gasteiger partial charge on any atom is 0.227 e. The summed E-state index contributed by atoms with van der Waals surface area (Å²) in [5.74, 6) is -0.352. The van der Waals surface area contributed by atoms with E-state index in [1.165, 1.54) is 11.3 Å². The Kier molecular flexibility index (Phi) is 5.75. The number of aromatic nitrogens is 2. The van der Waals surface area contributed by atoms with Crippen LogP contribution in [0.25, 0.3) is 0 Å². The van der Waals surface area contributed by atoms with Crippen molar-refractivity contribution in [1.29, 1.82) is 0 Å². The van der Waals surface area contributed by atoms with Gasteiger partial charge in [0.1, 0.15) is 0 Å². The molecular weight excluding hydrogens is 412 g/mol. The molecule has 2 atom stereocenters. The lowest BCUT2D eigenvalue weighted by molar-refractivity contribution is -0.127. The van der Waals surface area contributed by atoms with Crippen LogP contribution in [0.15, 0.2) is 54.7 Å². The SMILES string of the molecule is Cc1ccc(N2C[C@@H](C(=O)N[C@H]3CCCc4c3cnn4Cc3ccccc3)CC2=O)c(C)c1. The predicted octanol–water partition coefficient (Wildman–Crippen LogP) is 4.09. The molecule has 0 radical (unpaired) electrons. The van der Waals surface area contributed by atoms with Crippen LogP contribution < -0.4 is 10.2 Å². The standard InChI is InChI=1S/C27H30N4O2/c1-18-11-12-24(19(2)13-18)30-17-21(14-26(30)32)27(33)29-23-9-6-10-25-22(23)15-28-31(25)16-20-7-4-3-5-8-20/h3-5,7-8,11-13,15,21,23H,6,9-10,14,16-17H2,1-2H3,(H,29,33)/t21-,23-/m0/s1. The minimum atomic E-state index is -0.331. The van der Waals surface area contributed by atoms with Crippen molar-refractivity contribution >= 4 is 17.5 Å². The molecule has 3 aromatic rings. The van der Waals surface area contributed by atoms with Crippen molar-refractivity contribution < 1.29 is 9.59 Å². The van der Waals surface area contributed by atoms with Crippen molar-refractivity contribution in [3.63, 3.8) is 0 Å². The Morgan fingerprint density at radius 1 is 1.15 bits per heavy atom. The Hall–Kier alpha value is -3.41. The first kappa shape index (κ1) is 21.4. The number of rotatable bonds is 5. The zero-order valence-corrected chi connectivity index (χ0v) is 19.3. The van der Waals surface area contributed by atoms with Crippen molar-refractivity contribution in [2.75, 3.05) is 11.4 Å². The maximum absolute atomic E-state index is 13.2. The van der Waals surface area contributed by atoms with E-state index in [2.05, 4.69) is 33.3 Å². The summed E-state index contributed by atoms with van der Waals surface area (Å²) in [4.78, 5) is 27.7. The monoisotopic (exact) mass is 442 g/mol. The van der Waals surface area contributed by atoms with Crippen molar-refractivity contribution in [2.45, 2.75) is 52.1 Å². The minimum Gasteiger partial charge on any atom is -0.349 e. The lowest BCUT2D eigenvalue weighted by Gasteiger charge is -2.25. The van der Waals surface area contributed by atoms with Gasteiger partial charge in [-0.3, -0.25) is 14.3 Å².